The van der Waals surface area contributed by atoms with Gasteiger partial charge in [-0.05, 0) is 36.4 Å². The molecule has 0 spiro atoms. The van der Waals surface area contributed by atoms with E-state index in [1.54, 1.807) is 36.4 Å². The topological polar surface area (TPSA) is 99.8 Å². The molecule has 0 amide bonds. The lowest BCUT2D eigenvalue weighted by atomic mass is 10.0. The number of carboxylic acids is 2. The van der Waals surface area contributed by atoms with Gasteiger partial charge in [0.15, 0.2) is 5.58 Å². The number of halogens is 2. The van der Waals surface area contributed by atoms with E-state index in [4.69, 9.17) is 27.6 Å². The molecular weight excluding hydrogens is 405 g/mol. The Morgan fingerprint density at radius 2 is 1.50 bits per heavy atom. The minimum atomic E-state index is -1.18. The lowest BCUT2D eigenvalue weighted by Gasteiger charge is -2.10. The number of anilines is 2. The first-order chi connectivity index (χ1) is 13.3. The number of carboxylic acid groups (broad SMARTS) is 2. The fourth-order valence-electron chi connectivity index (χ4n) is 3.12. The van der Waals surface area contributed by atoms with Crippen LogP contribution in [0.3, 0.4) is 0 Å². The average Bonchev–Trinajstić information content (AvgIpc) is 3.00. The third kappa shape index (κ3) is 3.02. The number of benzene rings is 3. The van der Waals surface area contributed by atoms with Gasteiger partial charge in [0, 0.05) is 21.1 Å². The van der Waals surface area contributed by atoms with Crippen molar-refractivity contribution in [2.45, 2.75) is 0 Å². The Labute approximate surface area is 167 Å². The normalized spacial score (nSPS) is 11.1. The molecule has 3 aromatic carbocycles. The lowest BCUT2D eigenvalue weighted by molar-refractivity contribution is 0.0688. The molecule has 0 bridgehead atoms. The molecule has 0 saturated heterocycles. The molecule has 1 aromatic heterocycles. The van der Waals surface area contributed by atoms with E-state index < -0.39 is 11.9 Å². The summed E-state index contributed by atoms with van der Waals surface area (Å²) in [4.78, 5) is 23.2. The third-order valence-corrected chi connectivity index (χ3v) is 4.69. The number of fused-ring (bicyclic) bond motifs is 3. The molecule has 4 aromatic rings. The van der Waals surface area contributed by atoms with Crippen LogP contribution in [0, 0.1) is 0 Å². The van der Waals surface area contributed by atoms with E-state index in [0.29, 0.717) is 32.2 Å². The maximum Gasteiger partial charge on any atom is 0.339 e. The van der Waals surface area contributed by atoms with Gasteiger partial charge in [-0.1, -0.05) is 35.3 Å². The van der Waals surface area contributed by atoms with Crippen molar-refractivity contribution in [3.05, 3.63) is 69.7 Å². The highest BCUT2D eigenvalue weighted by molar-refractivity contribution is 6.35. The van der Waals surface area contributed by atoms with Crippen LogP contribution in [0.4, 0.5) is 11.4 Å². The van der Waals surface area contributed by atoms with E-state index in [9.17, 15) is 19.8 Å². The smallest absolute Gasteiger partial charge is 0.339 e. The minimum Gasteiger partial charge on any atom is -0.478 e. The van der Waals surface area contributed by atoms with Gasteiger partial charge in [0.05, 0.1) is 11.1 Å². The molecule has 3 N–H and O–H groups in total. The second-order valence-corrected chi connectivity index (χ2v) is 6.92. The largest absolute Gasteiger partial charge is 0.478 e. The Bertz CT molecular complexity index is 1260. The molecule has 0 unspecified atom stereocenters. The molecule has 8 heteroatoms. The summed E-state index contributed by atoms with van der Waals surface area (Å²) in [5, 5.41) is 23.9. The standard InChI is InChI=1S/C20H11Cl2NO5/c21-9-6-10(22)8-11(7-9)23-15-5-4-14(20(26)27)18-16(15)12-2-1-3-13(19(24)25)17(12)28-18/h1-8,23H,(H,24,25)(H,26,27). The van der Waals surface area contributed by atoms with Gasteiger partial charge in [0.1, 0.15) is 16.7 Å². The summed E-state index contributed by atoms with van der Waals surface area (Å²) in [5.74, 6) is -2.35. The van der Waals surface area contributed by atoms with Crippen LogP contribution in [-0.4, -0.2) is 22.2 Å². The van der Waals surface area contributed by atoms with E-state index in [-0.39, 0.29) is 22.3 Å². The number of hydrogen-bond donors (Lipinski definition) is 3. The van der Waals surface area contributed by atoms with Crippen LogP contribution in [0.25, 0.3) is 21.9 Å². The molecular formula is C20H11Cl2NO5. The zero-order valence-corrected chi connectivity index (χ0v) is 15.5. The number of carbonyl (C=O) groups is 2. The Balaban J connectivity index is 2.03. The third-order valence-electron chi connectivity index (χ3n) is 4.25. The van der Waals surface area contributed by atoms with Crippen molar-refractivity contribution in [3.63, 3.8) is 0 Å². The molecule has 0 aliphatic heterocycles. The quantitative estimate of drug-likeness (QED) is 0.376. The van der Waals surface area contributed by atoms with Crippen LogP contribution in [0.1, 0.15) is 20.7 Å². The Hall–Kier alpha value is -3.22. The number of hydrogen-bond acceptors (Lipinski definition) is 4. The lowest BCUT2D eigenvalue weighted by Crippen LogP contribution is -1.98. The molecule has 0 radical (unpaired) electrons. The molecule has 140 valence electrons. The fourth-order valence-corrected chi connectivity index (χ4v) is 3.65. The summed E-state index contributed by atoms with van der Waals surface area (Å²) in [5.41, 5.74) is 1.17. The molecule has 1 heterocycles. The number of rotatable bonds is 4. The van der Waals surface area contributed by atoms with Crippen molar-refractivity contribution in [2.24, 2.45) is 0 Å². The van der Waals surface area contributed by atoms with Crippen LogP contribution in [0.5, 0.6) is 0 Å². The second-order valence-electron chi connectivity index (χ2n) is 6.04. The molecule has 6 nitrogen and oxygen atoms in total. The summed E-state index contributed by atoms with van der Waals surface area (Å²) in [7, 11) is 0. The molecule has 0 saturated carbocycles. The predicted molar refractivity (Wildman–Crippen MR) is 107 cm³/mol. The van der Waals surface area contributed by atoms with Gasteiger partial charge in [0.2, 0.25) is 0 Å². The molecule has 0 aliphatic carbocycles. The predicted octanol–water partition coefficient (Wildman–Crippen LogP) is 6.03. The van der Waals surface area contributed by atoms with Gasteiger partial charge in [-0.2, -0.15) is 0 Å². The van der Waals surface area contributed by atoms with Gasteiger partial charge in [-0.25, -0.2) is 9.59 Å². The zero-order valence-electron chi connectivity index (χ0n) is 14.0. The van der Waals surface area contributed by atoms with Crippen molar-refractivity contribution in [2.75, 3.05) is 5.32 Å². The number of para-hydroxylation sites is 1. The summed E-state index contributed by atoms with van der Waals surface area (Å²) < 4.78 is 5.71. The van der Waals surface area contributed by atoms with E-state index in [2.05, 4.69) is 5.32 Å². The maximum atomic E-state index is 11.6. The van der Waals surface area contributed by atoms with Crippen molar-refractivity contribution >= 4 is 68.5 Å². The molecule has 0 aliphatic rings. The number of nitrogens with one attached hydrogen (secondary N) is 1. The van der Waals surface area contributed by atoms with Crippen LogP contribution >= 0.6 is 23.2 Å². The van der Waals surface area contributed by atoms with Gasteiger partial charge < -0.3 is 19.9 Å². The molecule has 4 rings (SSSR count). The average molecular weight is 416 g/mol. The fraction of sp³-hybridized carbons (Fsp3) is 0. The SMILES string of the molecule is O=C(O)c1cccc2c1oc1c(C(=O)O)ccc(Nc3cc(Cl)cc(Cl)c3)c12. The molecule has 0 fully saturated rings. The van der Waals surface area contributed by atoms with E-state index in [1.165, 1.54) is 12.1 Å². The van der Waals surface area contributed by atoms with Crippen LogP contribution in [-0.2, 0) is 0 Å². The van der Waals surface area contributed by atoms with Gasteiger partial charge >= 0.3 is 11.9 Å². The highest BCUT2D eigenvalue weighted by atomic mass is 35.5. The number of aromatic carboxylic acids is 2. The summed E-state index contributed by atoms with van der Waals surface area (Å²) in [6, 6.07) is 12.5. The molecule has 28 heavy (non-hydrogen) atoms. The Morgan fingerprint density at radius 3 is 2.14 bits per heavy atom. The summed E-state index contributed by atoms with van der Waals surface area (Å²) in [6.07, 6.45) is 0. The maximum absolute atomic E-state index is 11.6. The molecule has 0 atom stereocenters. The first-order valence-corrected chi connectivity index (χ1v) is 8.78. The first kappa shape index (κ1) is 18.2. The van der Waals surface area contributed by atoms with Crippen molar-refractivity contribution in [1.29, 1.82) is 0 Å². The van der Waals surface area contributed by atoms with Gasteiger partial charge in [0.25, 0.3) is 0 Å². The van der Waals surface area contributed by atoms with Crippen molar-refractivity contribution < 1.29 is 24.2 Å². The van der Waals surface area contributed by atoms with E-state index in [1.807, 2.05) is 0 Å². The summed E-state index contributed by atoms with van der Waals surface area (Å²) in [6.45, 7) is 0. The van der Waals surface area contributed by atoms with E-state index >= 15 is 0 Å². The van der Waals surface area contributed by atoms with E-state index in [0.717, 1.165) is 0 Å². The minimum absolute atomic E-state index is 0.0539. The highest BCUT2D eigenvalue weighted by Crippen LogP contribution is 2.39. The van der Waals surface area contributed by atoms with Gasteiger partial charge in [-0.3, -0.25) is 0 Å². The zero-order chi connectivity index (χ0) is 20.0. The van der Waals surface area contributed by atoms with Crippen molar-refractivity contribution in [3.8, 4) is 0 Å². The van der Waals surface area contributed by atoms with Crippen LogP contribution in [0.2, 0.25) is 10.0 Å². The van der Waals surface area contributed by atoms with Gasteiger partial charge in [-0.15, -0.1) is 0 Å². The Morgan fingerprint density at radius 1 is 0.857 bits per heavy atom. The first-order valence-electron chi connectivity index (χ1n) is 8.03. The second kappa shape index (κ2) is 6.74. The Kier molecular flexibility index (Phi) is 4.37. The van der Waals surface area contributed by atoms with Crippen molar-refractivity contribution in [1.82, 2.24) is 0 Å². The highest BCUT2D eigenvalue weighted by Gasteiger charge is 2.22. The monoisotopic (exact) mass is 415 g/mol. The number of furan rings is 1. The summed E-state index contributed by atoms with van der Waals surface area (Å²) >= 11 is 12.1. The van der Waals surface area contributed by atoms with Crippen LogP contribution in [0.15, 0.2) is 52.9 Å². The van der Waals surface area contributed by atoms with Crippen LogP contribution < -0.4 is 5.32 Å².